The van der Waals surface area contributed by atoms with Crippen LogP contribution in [0.5, 0.6) is 0 Å². The van der Waals surface area contributed by atoms with Crippen molar-refractivity contribution < 1.29 is 9.90 Å². The summed E-state index contributed by atoms with van der Waals surface area (Å²) in [5.74, 6) is -0.555. The number of carbonyl (C=O) groups is 1. The lowest BCUT2D eigenvalue weighted by Gasteiger charge is -2.22. The molecule has 0 saturated heterocycles. The molecule has 4 nitrogen and oxygen atoms in total. The van der Waals surface area contributed by atoms with E-state index in [0.717, 1.165) is 17.9 Å². The minimum absolute atomic E-state index is 0.0509. The van der Waals surface area contributed by atoms with Gasteiger partial charge >= 0.3 is 5.97 Å². The Morgan fingerprint density at radius 2 is 2.38 bits per heavy atom. The van der Waals surface area contributed by atoms with Gasteiger partial charge in [0, 0.05) is 0 Å². The number of hydrogen-bond donors (Lipinski definition) is 2. The normalized spacial score (nSPS) is 38.9. The zero-order valence-electron chi connectivity index (χ0n) is 7.36. The van der Waals surface area contributed by atoms with Gasteiger partial charge in [0.15, 0.2) is 0 Å². The van der Waals surface area contributed by atoms with E-state index in [1.807, 2.05) is 6.92 Å². The third-order valence-corrected chi connectivity index (χ3v) is 3.90. The van der Waals surface area contributed by atoms with Crippen molar-refractivity contribution >= 4 is 22.8 Å². The maximum atomic E-state index is 11.0. The fraction of sp³-hybridized carbons (Fsp3) is 0.750. The average Bonchev–Trinajstić information content (AvgIpc) is 2.78. The van der Waals surface area contributed by atoms with Crippen molar-refractivity contribution in [3.63, 3.8) is 0 Å². The molecule has 1 saturated carbocycles. The molecule has 0 bridgehead atoms. The summed E-state index contributed by atoms with van der Waals surface area (Å²) in [6, 6.07) is 0. The highest BCUT2D eigenvalue weighted by Gasteiger charge is 2.53. The number of carboxylic acid groups (broad SMARTS) is 1. The zero-order chi connectivity index (χ0) is 9.64. The van der Waals surface area contributed by atoms with E-state index < -0.39 is 11.6 Å². The van der Waals surface area contributed by atoms with E-state index in [0.29, 0.717) is 5.92 Å². The van der Waals surface area contributed by atoms with Crippen LogP contribution in [0.15, 0.2) is 4.99 Å². The van der Waals surface area contributed by atoms with Gasteiger partial charge in [-0.05, 0) is 25.7 Å². The second-order valence-electron chi connectivity index (χ2n) is 3.64. The molecule has 2 unspecified atom stereocenters. The van der Waals surface area contributed by atoms with Gasteiger partial charge in [-0.2, -0.15) is 0 Å². The third kappa shape index (κ3) is 1.36. The maximum absolute atomic E-state index is 11.0. The summed E-state index contributed by atoms with van der Waals surface area (Å²) >= 11 is 1.52. The van der Waals surface area contributed by atoms with E-state index in [1.165, 1.54) is 11.8 Å². The van der Waals surface area contributed by atoms with Gasteiger partial charge in [0.25, 0.3) is 0 Å². The lowest BCUT2D eigenvalue weighted by molar-refractivity contribution is -0.143. The van der Waals surface area contributed by atoms with Crippen LogP contribution in [0.2, 0.25) is 0 Å². The van der Waals surface area contributed by atoms with E-state index >= 15 is 0 Å². The molecule has 0 amide bonds. The van der Waals surface area contributed by atoms with Crippen LogP contribution in [0, 0.1) is 5.92 Å². The molecule has 3 N–H and O–H groups in total. The van der Waals surface area contributed by atoms with E-state index in [1.54, 1.807) is 0 Å². The van der Waals surface area contributed by atoms with Gasteiger partial charge in [0.05, 0.1) is 10.3 Å². The fourth-order valence-electron chi connectivity index (χ4n) is 1.65. The van der Waals surface area contributed by atoms with Gasteiger partial charge < -0.3 is 5.11 Å². The molecule has 0 aromatic rings. The second kappa shape index (κ2) is 2.72. The summed E-state index contributed by atoms with van der Waals surface area (Å²) in [4.78, 5) is 15.0. The molecule has 0 radical (unpaired) electrons. The molecule has 1 aliphatic heterocycles. The molecule has 13 heavy (non-hydrogen) atoms. The Labute approximate surface area is 80.6 Å². The van der Waals surface area contributed by atoms with E-state index in [-0.39, 0.29) is 5.25 Å². The summed E-state index contributed by atoms with van der Waals surface area (Å²) in [5.41, 5.74) is 4.40. The molecule has 0 spiro atoms. The van der Waals surface area contributed by atoms with Crippen molar-refractivity contribution in [2.45, 2.75) is 30.7 Å². The fourth-order valence-corrected chi connectivity index (χ4v) is 3.02. The first-order valence-corrected chi connectivity index (χ1v) is 5.17. The molecule has 0 aromatic heterocycles. The van der Waals surface area contributed by atoms with Crippen molar-refractivity contribution in [1.82, 2.24) is 0 Å². The van der Waals surface area contributed by atoms with Crippen molar-refractivity contribution in [3.8, 4) is 0 Å². The summed E-state index contributed by atoms with van der Waals surface area (Å²) in [6.45, 7) is 1.82. The number of aliphatic imine (C=N–C) groups is 1. The largest absolute Gasteiger partial charge is 0.478 e. The first kappa shape index (κ1) is 9.02. The van der Waals surface area contributed by atoms with Gasteiger partial charge in [-0.15, -0.1) is 11.8 Å². The van der Waals surface area contributed by atoms with Crippen LogP contribution in [0.3, 0.4) is 0 Å². The Balaban J connectivity index is 2.26. The number of thioether (sulfide) groups is 1. The van der Waals surface area contributed by atoms with Crippen LogP contribution in [-0.2, 0) is 4.79 Å². The quantitative estimate of drug-likeness (QED) is 0.687. The summed E-state index contributed by atoms with van der Waals surface area (Å²) in [5, 5.41) is 9.73. The SMILES string of the molecule is CC1=NC(N)(C(=O)O)C(C2CC2)S1. The highest BCUT2D eigenvalue weighted by Crippen LogP contribution is 2.47. The lowest BCUT2D eigenvalue weighted by atomic mass is 10.0. The first-order valence-electron chi connectivity index (χ1n) is 4.29. The monoisotopic (exact) mass is 200 g/mol. The minimum Gasteiger partial charge on any atom is -0.478 e. The Morgan fingerprint density at radius 1 is 1.77 bits per heavy atom. The maximum Gasteiger partial charge on any atom is 0.347 e. The van der Waals surface area contributed by atoms with Crippen LogP contribution in [0.4, 0.5) is 0 Å². The van der Waals surface area contributed by atoms with Crippen molar-refractivity contribution in [2.24, 2.45) is 16.6 Å². The predicted molar refractivity (Wildman–Crippen MR) is 51.8 cm³/mol. The molecule has 2 rings (SSSR count). The summed E-state index contributed by atoms with van der Waals surface area (Å²) in [6.07, 6.45) is 2.18. The van der Waals surface area contributed by atoms with Crippen LogP contribution >= 0.6 is 11.8 Å². The molecule has 1 heterocycles. The summed E-state index contributed by atoms with van der Waals surface area (Å²) in [7, 11) is 0. The molecular weight excluding hydrogens is 188 g/mol. The van der Waals surface area contributed by atoms with Crippen molar-refractivity contribution in [1.29, 1.82) is 0 Å². The van der Waals surface area contributed by atoms with Gasteiger partial charge in [-0.1, -0.05) is 0 Å². The highest BCUT2D eigenvalue weighted by molar-refractivity contribution is 8.14. The Bertz CT molecular complexity index is 288. The van der Waals surface area contributed by atoms with E-state index in [2.05, 4.69) is 4.99 Å². The number of rotatable bonds is 2. The first-order chi connectivity index (χ1) is 6.04. The second-order valence-corrected chi connectivity index (χ2v) is 4.97. The smallest absolute Gasteiger partial charge is 0.347 e. The zero-order valence-corrected chi connectivity index (χ0v) is 8.17. The summed E-state index contributed by atoms with van der Waals surface area (Å²) < 4.78 is 0. The number of nitrogens with zero attached hydrogens (tertiary/aromatic N) is 1. The molecule has 0 aromatic carbocycles. The Morgan fingerprint density at radius 3 is 2.85 bits per heavy atom. The van der Waals surface area contributed by atoms with Crippen LogP contribution in [0.25, 0.3) is 0 Å². The van der Waals surface area contributed by atoms with Gasteiger partial charge in [0.2, 0.25) is 5.66 Å². The highest BCUT2D eigenvalue weighted by atomic mass is 32.2. The van der Waals surface area contributed by atoms with E-state index in [4.69, 9.17) is 10.8 Å². The van der Waals surface area contributed by atoms with Gasteiger partial charge in [-0.25, -0.2) is 9.79 Å². The molecule has 5 heteroatoms. The Kier molecular flexibility index (Phi) is 1.89. The number of carboxylic acids is 1. The molecule has 2 aliphatic rings. The van der Waals surface area contributed by atoms with Crippen molar-refractivity contribution in [3.05, 3.63) is 0 Å². The molecule has 2 atom stereocenters. The predicted octanol–water partition coefficient (Wildman–Crippen LogP) is 0.670. The topological polar surface area (TPSA) is 75.7 Å². The number of hydrogen-bond acceptors (Lipinski definition) is 4. The van der Waals surface area contributed by atoms with Crippen LogP contribution in [-0.4, -0.2) is 27.0 Å². The third-order valence-electron chi connectivity index (χ3n) is 2.47. The van der Waals surface area contributed by atoms with Gasteiger partial charge in [-0.3, -0.25) is 5.73 Å². The molecule has 72 valence electrons. The standard InChI is InChI=1S/C8H12N2O2S/c1-4-10-8(9,7(11)12)6(13-4)5-2-3-5/h5-6H,2-3,9H2,1H3,(H,11,12). The van der Waals surface area contributed by atoms with Gasteiger partial charge in [0.1, 0.15) is 0 Å². The van der Waals surface area contributed by atoms with Crippen LogP contribution in [0.1, 0.15) is 19.8 Å². The molecule has 1 aliphatic carbocycles. The van der Waals surface area contributed by atoms with Crippen molar-refractivity contribution in [2.75, 3.05) is 0 Å². The number of aliphatic carboxylic acids is 1. The number of nitrogens with two attached hydrogens (primary N) is 1. The molecular formula is C8H12N2O2S. The Hall–Kier alpha value is -0.550. The molecule has 1 fully saturated rings. The average molecular weight is 200 g/mol. The van der Waals surface area contributed by atoms with Crippen LogP contribution < -0.4 is 5.73 Å². The van der Waals surface area contributed by atoms with E-state index in [9.17, 15) is 4.79 Å². The lowest BCUT2D eigenvalue weighted by Crippen LogP contribution is -2.53. The minimum atomic E-state index is -1.37.